The van der Waals surface area contributed by atoms with Gasteiger partial charge in [-0.3, -0.25) is 4.79 Å². The van der Waals surface area contributed by atoms with Crippen molar-refractivity contribution in [2.45, 2.75) is 20.3 Å². The summed E-state index contributed by atoms with van der Waals surface area (Å²) in [6, 6.07) is 4.78. The number of carbonyl (C=O) groups is 2. The molecule has 1 amide bonds. The zero-order valence-corrected chi connectivity index (χ0v) is 15.3. The fourth-order valence-corrected chi connectivity index (χ4v) is 1.88. The van der Waals surface area contributed by atoms with Gasteiger partial charge in [0.1, 0.15) is 0 Å². The number of rotatable bonds is 11. The standard InChI is InChI=1S/C18H27NO6/c1-13(2)7-9-24-15-6-5-14(11-16(15)23-4)18(21)25-12-17(20)19-8-10-22-3/h5-6,11,13H,7-10,12H2,1-4H3,(H,19,20). The lowest BCUT2D eigenvalue weighted by Gasteiger charge is -2.13. The number of methoxy groups -OCH3 is 2. The van der Waals surface area contributed by atoms with Crippen LogP contribution in [0.2, 0.25) is 0 Å². The van der Waals surface area contributed by atoms with Crippen LogP contribution < -0.4 is 14.8 Å². The zero-order chi connectivity index (χ0) is 18.7. The van der Waals surface area contributed by atoms with Gasteiger partial charge in [-0.05, 0) is 30.5 Å². The molecule has 7 heteroatoms. The highest BCUT2D eigenvalue weighted by Gasteiger charge is 2.14. The molecule has 0 bridgehead atoms. The number of nitrogens with one attached hydrogen (secondary N) is 1. The Balaban J connectivity index is 2.57. The second kappa shape index (κ2) is 11.3. The van der Waals surface area contributed by atoms with Crippen molar-refractivity contribution in [2.24, 2.45) is 5.92 Å². The van der Waals surface area contributed by atoms with Gasteiger partial charge in [-0.2, -0.15) is 0 Å². The van der Waals surface area contributed by atoms with Crippen molar-refractivity contribution >= 4 is 11.9 Å². The minimum atomic E-state index is -0.603. The lowest BCUT2D eigenvalue weighted by Crippen LogP contribution is -2.31. The maximum atomic E-state index is 12.0. The van der Waals surface area contributed by atoms with Crippen molar-refractivity contribution in [1.29, 1.82) is 0 Å². The van der Waals surface area contributed by atoms with Crippen LogP contribution in [0.1, 0.15) is 30.6 Å². The van der Waals surface area contributed by atoms with E-state index in [-0.39, 0.29) is 18.1 Å². The van der Waals surface area contributed by atoms with E-state index in [9.17, 15) is 9.59 Å². The minimum absolute atomic E-state index is 0.290. The molecule has 0 heterocycles. The van der Waals surface area contributed by atoms with E-state index in [1.807, 2.05) is 0 Å². The number of ether oxygens (including phenoxy) is 4. The predicted octanol–water partition coefficient (Wildman–Crippen LogP) is 2.04. The van der Waals surface area contributed by atoms with Crippen LogP contribution in [0.3, 0.4) is 0 Å². The molecule has 140 valence electrons. The van der Waals surface area contributed by atoms with Crippen molar-refractivity contribution in [3.63, 3.8) is 0 Å². The molecule has 0 aliphatic rings. The van der Waals surface area contributed by atoms with Crippen molar-refractivity contribution < 1.29 is 28.5 Å². The Kier molecular flexibility index (Phi) is 9.39. The minimum Gasteiger partial charge on any atom is -0.493 e. The summed E-state index contributed by atoms with van der Waals surface area (Å²) < 4.78 is 20.7. The molecule has 0 radical (unpaired) electrons. The molecule has 25 heavy (non-hydrogen) atoms. The number of hydrogen-bond acceptors (Lipinski definition) is 6. The fraction of sp³-hybridized carbons (Fsp3) is 0.556. The molecular weight excluding hydrogens is 326 g/mol. The van der Waals surface area contributed by atoms with E-state index in [2.05, 4.69) is 19.2 Å². The van der Waals surface area contributed by atoms with Gasteiger partial charge < -0.3 is 24.3 Å². The first-order chi connectivity index (χ1) is 12.0. The molecule has 1 rings (SSSR count). The zero-order valence-electron chi connectivity index (χ0n) is 15.3. The summed E-state index contributed by atoms with van der Waals surface area (Å²) in [7, 11) is 3.04. The van der Waals surface area contributed by atoms with Crippen LogP contribution in [0, 0.1) is 5.92 Å². The van der Waals surface area contributed by atoms with E-state index in [0.29, 0.717) is 37.2 Å². The first kappa shape index (κ1) is 20.8. The van der Waals surface area contributed by atoms with Crippen LogP contribution in [0.5, 0.6) is 11.5 Å². The van der Waals surface area contributed by atoms with Gasteiger partial charge in [0.2, 0.25) is 0 Å². The van der Waals surface area contributed by atoms with Crippen LogP contribution in [0.25, 0.3) is 0 Å². The Morgan fingerprint density at radius 3 is 2.52 bits per heavy atom. The molecule has 1 N–H and O–H groups in total. The molecule has 0 fully saturated rings. The molecule has 0 aliphatic carbocycles. The maximum Gasteiger partial charge on any atom is 0.338 e. The van der Waals surface area contributed by atoms with E-state index in [0.717, 1.165) is 6.42 Å². The average molecular weight is 353 g/mol. The van der Waals surface area contributed by atoms with Crippen molar-refractivity contribution in [2.75, 3.05) is 40.6 Å². The highest BCUT2D eigenvalue weighted by atomic mass is 16.5. The Bertz CT molecular complexity index is 558. The molecule has 0 aliphatic heterocycles. The highest BCUT2D eigenvalue weighted by Crippen LogP contribution is 2.28. The quantitative estimate of drug-likeness (QED) is 0.484. The average Bonchev–Trinajstić information content (AvgIpc) is 2.59. The van der Waals surface area contributed by atoms with Crippen molar-refractivity contribution in [1.82, 2.24) is 5.32 Å². The second-order valence-corrected chi connectivity index (χ2v) is 5.82. The van der Waals surface area contributed by atoms with Gasteiger partial charge in [0.05, 0.1) is 25.9 Å². The monoisotopic (exact) mass is 353 g/mol. The van der Waals surface area contributed by atoms with Crippen LogP contribution in [-0.2, 0) is 14.3 Å². The summed E-state index contributed by atoms with van der Waals surface area (Å²) in [6.45, 7) is 5.21. The lowest BCUT2D eigenvalue weighted by atomic mass is 10.1. The van der Waals surface area contributed by atoms with Gasteiger partial charge in [0, 0.05) is 13.7 Å². The summed E-state index contributed by atoms with van der Waals surface area (Å²) in [5.74, 6) is 0.565. The van der Waals surface area contributed by atoms with E-state index < -0.39 is 5.97 Å². The fourth-order valence-electron chi connectivity index (χ4n) is 1.88. The Morgan fingerprint density at radius 2 is 1.88 bits per heavy atom. The summed E-state index contributed by atoms with van der Waals surface area (Å²) in [5.41, 5.74) is 0.290. The molecule has 7 nitrogen and oxygen atoms in total. The van der Waals surface area contributed by atoms with Crippen molar-refractivity contribution in [3.05, 3.63) is 23.8 Å². The van der Waals surface area contributed by atoms with Crippen LogP contribution in [0.15, 0.2) is 18.2 Å². The van der Waals surface area contributed by atoms with Crippen LogP contribution >= 0.6 is 0 Å². The van der Waals surface area contributed by atoms with Gasteiger partial charge in [-0.15, -0.1) is 0 Å². The summed E-state index contributed by atoms with van der Waals surface area (Å²) in [4.78, 5) is 23.6. The highest BCUT2D eigenvalue weighted by molar-refractivity contribution is 5.92. The van der Waals surface area contributed by atoms with Gasteiger partial charge in [0.15, 0.2) is 18.1 Å². The molecule has 0 atom stereocenters. The molecule has 0 saturated heterocycles. The summed E-state index contributed by atoms with van der Waals surface area (Å²) >= 11 is 0. The van der Waals surface area contributed by atoms with E-state index in [1.165, 1.54) is 20.3 Å². The van der Waals surface area contributed by atoms with Crippen molar-refractivity contribution in [3.8, 4) is 11.5 Å². The topological polar surface area (TPSA) is 83.1 Å². The third-order valence-corrected chi connectivity index (χ3v) is 3.31. The largest absolute Gasteiger partial charge is 0.493 e. The predicted molar refractivity (Wildman–Crippen MR) is 93.1 cm³/mol. The molecule has 0 aromatic heterocycles. The number of esters is 1. The second-order valence-electron chi connectivity index (χ2n) is 5.82. The Labute approximate surface area is 148 Å². The summed E-state index contributed by atoms with van der Waals surface area (Å²) in [6.07, 6.45) is 0.922. The molecule has 0 saturated carbocycles. The molecular formula is C18H27NO6. The Morgan fingerprint density at radius 1 is 1.12 bits per heavy atom. The normalized spacial score (nSPS) is 10.4. The number of amides is 1. The van der Waals surface area contributed by atoms with Gasteiger partial charge >= 0.3 is 5.97 Å². The first-order valence-electron chi connectivity index (χ1n) is 8.21. The maximum absolute atomic E-state index is 12.0. The van der Waals surface area contributed by atoms with E-state index in [1.54, 1.807) is 12.1 Å². The summed E-state index contributed by atoms with van der Waals surface area (Å²) in [5, 5.41) is 2.57. The lowest BCUT2D eigenvalue weighted by molar-refractivity contribution is -0.124. The number of benzene rings is 1. The SMILES string of the molecule is COCCNC(=O)COC(=O)c1ccc(OCCC(C)C)c(OC)c1. The first-order valence-corrected chi connectivity index (χ1v) is 8.21. The molecule has 0 unspecified atom stereocenters. The van der Waals surface area contributed by atoms with Gasteiger partial charge in [0.25, 0.3) is 5.91 Å². The third-order valence-electron chi connectivity index (χ3n) is 3.31. The Hall–Kier alpha value is -2.28. The smallest absolute Gasteiger partial charge is 0.338 e. The third kappa shape index (κ3) is 7.89. The van der Waals surface area contributed by atoms with Gasteiger partial charge in [-0.1, -0.05) is 13.8 Å². The molecule has 1 aromatic carbocycles. The van der Waals surface area contributed by atoms with E-state index in [4.69, 9.17) is 18.9 Å². The number of carbonyl (C=O) groups excluding carboxylic acids is 2. The van der Waals surface area contributed by atoms with Crippen LogP contribution in [0.4, 0.5) is 0 Å². The van der Waals surface area contributed by atoms with Gasteiger partial charge in [-0.25, -0.2) is 4.79 Å². The van der Waals surface area contributed by atoms with E-state index >= 15 is 0 Å². The van der Waals surface area contributed by atoms with Crippen LogP contribution in [-0.4, -0.2) is 52.5 Å². The molecule has 0 spiro atoms. The number of hydrogen-bond donors (Lipinski definition) is 1. The molecule has 1 aromatic rings.